The molecule has 2 rings (SSSR count). The van der Waals surface area contributed by atoms with E-state index < -0.39 is 0 Å². The number of benzene rings is 1. The fourth-order valence-corrected chi connectivity index (χ4v) is 2.30. The maximum Gasteiger partial charge on any atom is 0.0568 e. The summed E-state index contributed by atoms with van der Waals surface area (Å²) in [6.45, 7) is 8.73. The molecule has 0 aliphatic rings. The zero-order valence-corrected chi connectivity index (χ0v) is 13.5. The lowest BCUT2D eigenvalue weighted by atomic mass is 10.1. The van der Waals surface area contributed by atoms with Crippen LogP contribution in [0, 0.1) is 0 Å². The number of nitrogens with zero attached hydrogens (tertiary/aromatic N) is 2. The van der Waals surface area contributed by atoms with E-state index in [1.54, 1.807) is 0 Å². The predicted octanol–water partition coefficient (Wildman–Crippen LogP) is 4.11. The van der Waals surface area contributed by atoms with E-state index in [4.69, 9.17) is 0 Å². The van der Waals surface area contributed by atoms with E-state index in [0.717, 1.165) is 13.1 Å². The third kappa shape index (κ3) is 5.72. The Hall–Kier alpha value is -1.61. The first-order valence-electron chi connectivity index (χ1n) is 7.87. The smallest absolute Gasteiger partial charge is 0.0568 e. The summed E-state index contributed by atoms with van der Waals surface area (Å²) in [5.74, 6) is 0. The summed E-state index contributed by atoms with van der Waals surface area (Å²) in [4.78, 5) is 0. The molecule has 21 heavy (non-hydrogen) atoms. The molecule has 0 aliphatic carbocycles. The summed E-state index contributed by atoms with van der Waals surface area (Å²) < 4.78 is 2.06. The normalized spacial score (nSPS) is 11.8. The summed E-state index contributed by atoms with van der Waals surface area (Å²) in [6, 6.07) is 10.4. The number of nitrogens with one attached hydrogen (secondary N) is 1. The van der Waals surface area contributed by atoms with Gasteiger partial charge >= 0.3 is 0 Å². The van der Waals surface area contributed by atoms with Crippen LogP contribution in [-0.2, 0) is 6.54 Å². The molecule has 0 spiro atoms. The van der Waals surface area contributed by atoms with Crippen molar-refractivity contribution >= 4 is 0 Å². The Bertz CT molecular complexity index is 523. The van der Waals surface area contributed by atoms with Gasteiger partial charge in [-0.2, -0.15) is 5.10 Å². The van der Waals surface area contributed by atoms with Crippen LogP contribution in [-0.4, -0.2) is 21.9 Å². The standard InChI is InChI=1S/C18H27N3/c1-18(2,3)19-12-8-5-9-13-21-15-17(14-20-21)16-10-6-4-7-11-16/h4,6-7,10-11,14-15,19H,5,8-9,12-13H2,1-3H3. The maximum absolute atomic E-state index is 4.45. The number of unbranched alkanes of at least 4 members (excludes halogenated alkanes) is 2. The molecule has 0 bridgehead atoms. The molecule has 0 aliphatic heterocycles. The van der Waals surface area contributed by atoms with E-state index in [0.29, 0.717) is 0 Å². The van der Waals surface area contributed by atoms with E-state index in [-0.39, 0.29) is 5.54 Å². The molecule has 3 heteroatoms. The van der Waals surface area contributed by atoms with Crippen LogP contribution in [0.2, 0.25) is 0 Å². The maximum atomic E-state index is 4.45. The van der Waals surface area contributed by atoms with E-state index in [2.05, 4.69) is 66.3 Å². The average molecular weight is 285 g/mol. The van der Waals surface area contributed by atoms with Crippen molar-refractivity contribution in [2.75, 3.05) is 6.54 Å². The molecule has 1 heterocycles. The molecule has 3 nitrogen and oxygen atoms in total. The molecule has 0 saturated heterocycles. The average Bonchev–Trinajstić information content (AvgIpc) is 2.91. The van der Waals surface area contributed by atoms with Crippen molar-refractivity contribution in [2.45, 2.75) is 52.1 Å². The molecule has 2 aromatic rings. The molecule has 0 fully saturated rings. The van der Waals surface area contributed by atoms with E-state index >= 15 is 0 Å². The van der Waals surface area contributed by atoms with Gasteiger partial charge < -0.3 is 5.32 Å². The highest BCUT2D eigenvalue weighted by atomic mass is 15.3. The van der Waals surface area contributed by atoms with Gasteiger partial charge in [-0.05, 0) is 45.7 Å². The van der Waals surface area contributed by atoms with Crippen molar-refractivity contribution in [3.63, 3.8) is 0 Å². The van der Waals surface area contributed by atoms with Gasteiger partial charge in [0.15, 0.2) is 0 Å². The SMILES string of the molecule is CC(C)(C)NCCCCCn1cc(-c2ccccc2)cn1. The Labute approximate surface area is 128 Å². The third-order valence-electron chi connectivity index (χ3n) is 3.46. The zero-order valence-electron chi connectivity index (χ0n) is 13.5. The fraction of sp³-hybridized carbons (Fsp3) is 0.500. The molecular formula is C18H27N3. The van der Waals surface area contributed by atoms with Crippen LogP contribution in [0.1, 0.15) is 40.0 Å². The van der Waals surface area contributed by atoms with E-state index in [9.17, 15) is 0 Å². The van der Waals surface area contributed by atoms with Gasteiger partial charge in [0.2, 0.25) is 0 Å². The number of hydrogen-bond donors (Lipinski definition) is 1. The lowest BCUT2D eigenvalue weighted by molar-refractivity contribution is 0.413. The van der Waals surface area contributed by atoms with Crippen LogP contribution >= 0.6 is 0 Å². The van der Waals surface area contributed by atoms with E-state index in [1.807, 2.05) is 12.3 Å². The van der Waals surface area contributed by atoms with Crippen molar-refractivity contribution in [1.82, 2.24) is 15.1 Å². The minimum atomic E-state index is 0.229. The Balaban J connectivity index is 1.69. The topological polar surface area (TPSA) is 29.9 Å². The first kappa shape index (κ1) is 15.8. The highest BCUT2D eigenvalue weighted by Gasteiger charge is 2.07. The first-order chi connectivity index (χ1) is 10.0. The highest BCUT2D eigenvalue weighted by molar-refractivity contribution is 5.61. The van der Waals surface area contributed by atoms with Crippen LogP contribution in [0.3, 0.4) is 0 Å². The minimum Gasteiger partial charge on any atom is -0.312 e. The Kier molecular flexibility index (Phi) is 5.57. The fourth-order valence-electron chi connectivity index (χ4n) is 2.30. The number of rotatable bonds is 7. The predicted molar refractivity (Wildman–Crippen MR) is 89.3 cm³/mol. The second-order valence-electron chi connectivity index (χ2n) is 6.60. The van der Waals surface area contributed by atoms with Crippen molar-refractivity contribution < 1.29 is 0 Å². The van der Waals surface area contributed by atoms with Crippen LogP contribution < -0.4 is 5.32 Å². The lowest BCUT2D eigenvalue weighted by Crippen LogP contribution is -2.36. The Morgan fingerprint density at radius 1 is 1.00 bits per heavy atom. The molecule has 114 valence electrons. The molecule has 0 atom stereocenters. The van der Waals surface area contributed by atoms with Gasteiger partial charge in [-0.25, -0.2) is 0 Å². The summed E-state index contributed by atoms with van der Waals surface area (Å²) in [6.07, 6.45) is 7.74. The van der Waals surface area contributed by atoms with Crippen LogP contribution in [0.25, 0.3) is 11.1 Å². The third-order valence-corrected chi connectivity index (χ3v) is 3.46. The van der Waals surface area contributed by atoms with Crippen LogP contribution in [0.5, 0.6) is 0 Å². The molecule has 1 aromatic carbocycles. The summed E-state index contributed by atoms with van der Waals surface area (Å²) in [5, 5.41) is 7.97. The highest BCUT2D eigenvalue weighted by Crippen LogP contribution is 2.17. The minimum absolute atomic E-state index is 0.229. The largest absolute Gasteiger partial charge is 0.312 e. The summed E-state index contributed by atoms with van der Waals surface area (Å²) >= 11 is 0. The number of hydrogen-bond acceptors (Lipinski definition) is 2. The van der Waals surface area contributed by atoms with Gasteiger partial charge in [0, 0.05) is 23.8 Å². The summed E-state index contributed by atoms with van der Waals surface area (Å²) in [7, 11) is 0. The van der Waals surface area contributed by atoms with Gasteiger partial charge in [-0.15, -0.1) is 0 Å². The summed E-state index contributed by atoms with van der Waals surface area (Å²) in [5.41, 5.74) is 2.66. The second kappa shape index (κ2) is 7.41. The zero-order chi connectivity index (χ0) is 15.1. The quantitative estimate of drug-likeness (QED) is 0.776. The molecule has 0 saturated carbocycles. The van der Waals surface area contributed by atoms with Crippen LogP contribution in [0.15, 0.2) is 42.7 Å². The van der Waals surface area contributed by atoms with Crippen molar-refractivity contribution in [1.29, 1.82) is 0 Å². The molecule has 1 N–H and O–H groups in total. The van der Waals surface area contributed by atoms with Crippen molar-refractivity contribution in [3.8, 4) is 11.1 Å². The van der Waals surface area contributed by atoms with Gasteiger partial charge in [0.1, 0.15) is 0 Å². The molecule has 0 radical (unpaired) electrons. The number of aromatic nitrogens is 2. The van der Waals surface area contributed by atoms with Crippen molar-refractivity contribution in [3.05, 3.63) is 42.7 Å². The molecule has 0 unspecified atom stereocenters. The van der Waals surface area contributed by atoms with Gasteiger partial charge in [0.05, 0.1) is 6.20 Å². The van der Waals surface area contributed by atoms with Gasteiger partial charge in [-0.3, -0.25) is 4.68 Å². The number of aryl methyl sites for hydroxylation is 1. The second-order valence-corrected chi connectivity index (χ2v) is 6.60. The first-order valence-corrected chi connectivity index (χ1v) is 7.87. The Morgan fingerprint density at radius 3 is 2.48 bits per heavy atom. The molecular weight excluding hydrogens is 258 g/mol. The van der Waals surface area contributed by atoms with Crippen LogP contribution in [0.4, 0.5) is 0 Å². The van der Waals surface area contributed by atoms with Gasteiger partial charge in [-0.1, -0.05) is 36.8 Å². The monoisotopic (exact) mass is 285 g/mol. The molecule has 1 aromatic heterocycles. The molecule has 0 amide bonds. The van der Waals surface area contributed by atoms with E-state index in [1.165, 1.54) is 30.4 Å². The lowest BCUT2D eigenvalue weighted by Gasteiger charge is -2.20. The Morgan fingerprint density at radius 2 is 1.76 bits per heavy atom. The van der Waals surface area contributed by atoms with Crippen molar-refractivity contribution in [2.24, 2.45) is 0 Å². The van der Waals surface area contributed by atoms with Gasteiger partial charge in [0.25, 0.3) is 0 Å².